The van der Waals surface area contributed by atoms with Crippen LogP contribution in [-0.2, 0) is 15.9 Å². The summed E-state index contributed by atoms with van der Waals surface area (Å²) in [4.78, 5) is 23.3. The van der Waals surface area contributed by atoms with Crippen molar-refractivity contribution in [2.75, 3.05) is 18.4 Å². The minimum Gasteiger partial charge on any atom is -0.351 e. The minimum atomic E-state index is -4.37. The van der Waals surface area contributed by atoms with Crippen LogP contribution in [0.1, 0.15) is 29.5 Å². The van der Waals surface area contributed by atoms with Gasteiger partial charge in [0.2, 0.25) is 0 Å². The van der Waals surface area contributed by atoms with Crippen molar-refractivity contribution in [1.82, 2.24) is 10.5 Å². The number of rotatable bonds is 3. The summed E-state index contributed by atoms with van der Waals surface area (Å²) in [5.41, 5.74) is 4.46. The molecule has 1 amide bonds. The molecule has 9 heteroatoms. The van der Waals surface area contributed by atoms with E-state index < -0.39 is 23.4 Å². The first kappa shape index (κ1) is 21.2. The molecule has 2 aliphatic rings. The van der Waals surface area contributed by atoms with Gasteiger partial charge in [-0.25, -0.2) is 4.79 Å². The normalized spacial score (nSPS) is 18.4. The van der Waals surface area contributed by atoms with Crippen LogP contribution in [0.15, 0.2) is 54.6 Å². The predicted octanol–water partition coefficient (Wildman–Crippen LogP) is 4.89. The Hall–Kier alpha value is -3.04. The van der Waals surface area contributed by atoms with Gasteiger partial charge in [-0.3, -0.25) is 15.6 Å². The average Bonchev–Trinajstić information content (AvgIpc) is 3.13. The summed E-state index contributed by atoms with van der Waals surface area (Å²) >= 11 is 0. The number of nitrogens with one attached hydrogen (secondary N) is 2. The first-order chi connectivity index (χ1) is 14.7. The van der Waals surface area contributed by atoms with Crippen molar-refractivity contribution in [1.29, 1.82) is 0 Å². The van der Waals surface area contributed by atoms with E-state index in [9.17, 15) is 18.0 Å². The molecule has 0 aliphatic carbocycles. The number of benzene rings is 2. The standard InChI is InChI=1S/C22H22F3N3O3/c1-15-3-2-4-18(13-15)26-20(29)30-28-11-9-21(10-12-28)14-19(27-31-21)16-5-7-17(8-6-16)22(23,24)25/h2-8,13-14,27H,9-12H2,1H3,(H,26,29). The van der Waals surface area contributed by atoms with Gasteiger partial charge < -0.3 is 4.84 Å². The molecule has 1 saturated heterocycles. The number of hydrogen-bond acceptors (Lipinski definition) is 5. The van der Waals surface area contributed by atoms with Crippen LogP contribution in [0.25, 0.3) is 5.70 Å². The van der Waals surface area contributed by atoms with Crippen molar-refractivity contribution in [3.63, 3.8) is 0 Å². The van der Waals surface area contributed by atoms with E-state index >= 15 is 0 Å². The second-order valence-electron chi connectivity index (χ2n) is 7.70. The fraction of sp³-hybridized carbons (Fsp3) is 0.318. The van der Waals surface area contributed by atoms with Gasteiger partial charge in [-0.15, -0.1) is 5.06 Å². The van der Waals surface area contributed by atoms with Crippen LogP contribution in [-0.4, -0.2) is 29.8 Å². The maximum absolute atomic E-state index is 12.7. The number of amides is 1. The van der Waals surface area contributed by atoms with E-state index in [0.717, 1.165) is 17.7 Å². The molecule has 31 heavy (non-hydrogen) atoms. The fourth-order valence-electron chi connectivity index (χ4n) is 3.64. The number of carbonyl (C=O) groups excluding carboxylic acids is 1. The Kier molecular flexibility index (Phi) is 5.63. The molecule has 164 valence electrons. The van der Waals surface area contributed by atoms with E-state index in [0.29, 0.717) is 42.9 Å². The molecule has 0 atom stereocenters. The number of hydrogen-bond donors (Lipinski definition) is 2. The molecule has 2 aromatic carbocycles. The summed E-state index contributed by atoms with van der Waals surface area (Å²) in [5.74, 6) is 0. The summed E-state index contributed by atoms with van der Waals surface area (Å²) in [7, 11) is 0. The topological polar surface area (TPSA) is 62.8 Å². The summed E-state index contributed by atoms with van der Waals surface area (Å²) in [6, 6.07) is 12.3. The van der Waals surface area contributed by atoms with Gasteiger partial charge in [-0.1, -0.05) is 24.3 Å². The van der Waals surface area contributed by atoms with Gasteiger partial charge in [0.15, 0.2) is 0 Å². The zero-order valence-electron chi connectivity index (χ0n) is 16.8. The molecule has 0 saturated carbocycles. The number of alkyl halides is 3. The van der Waals surface area contributed by atoms with E-state index in [1.54, 1.807) is 11.1 Å². The third-order valence-corrected chi connectivity index (χ3v) is 5.34. The van der Waals surface area contributed by atoms with Gasteiger partial charge in [-0.05, 0) is 61.2 Å². The number of hydroxylamine groups is 3. The second-order valence-corrected chi connectivity index (χ2v) is 7.70. The van der Waals surface area contributed by atoms with Crippen molar-refractivity contribution in [3.8, 4) is 0 Å². The second kappa shape index (κ2) is 8.24. The summed E-state index contributed by atoms with van der Waals surface area (Å²) < 4.78 is 38.2. The van der Waals surface area contributed by atoms with Crippen LogP contribution in [0.3, 0.4) is 0 Å². The molecular formula is C22H22F3N3O3. The maximum Gasteiger partial charge on any atom is 0.430 e. The van der Waals surface area contributed by atoms with Gasteiger partial charge in [-0.2, -0.15) is 13.2 Å². The molecular weight excluding hydrogens is 411 g/mol. The molecule has 6 nitrogen and oxygen atoms in total. The first-order valence-electron chi connectivity index (χ1n) is 9.88. The van der Waals surface area contributed by atoms with Gasteiger partial charge in [0.25, 0.3) is 0 Å². The van der Waals surface area contributed by atoms with Gasteiger partial charge in [0.05, 0.1) is 11.3 Å². The highest BCUT2D eigenvalue weighted by atomic mass is 19.4. The number of anilines is 1. The molecule has 1 fully saturated rings. The largest absolute Gasteiger partial charge is 0.430 e. The smallest absolute Gasteiger partial charge is 0.351 e. The number of carbonyl (C=O) groups is 1. The van der Waals surface area contributed by atoms with E-state index in [1.165, 1.54) is 12.1 Å². The molecule has 0 aromatic heterocycles. The quantitative estimate of drug-likeness (QED) is 0.722. The van der Waals surface area contributed by atoms with Crippen molar-refractivity contribution in [3.05, 3.63) is 71.3 Å². The van der Waals surface area contributed by atoms with Crippen LogP contribution in [0, 0.1) is 6.92 Å². The van der Waals surface area contributed by atoms with E-state index in [1.807, 2.05) is 31.2 Å². The number of nitrogens with zero attached hydrogens (tertiary/aromatic N) is 1. The molecule has 2 aromatic rings. The lowest BCUT2D eigenvalue weighted by Gasteiger charge is -2.35. The monoisotopic (exact) mass is 433 g/mol. The zero-order chi connectivity index (χ0) is 22.1. The Morgan fingerprint density at radius 1 is 1.16 bits per heavy atom. The fourth-order valence-corrected chi connectivity index (χ4v) is 3.64. The van der Waals surface area contributed by atoms with Crippen molar-refractivity contribution >= 4 is 17.5 Å². The molecule has 0 radical (unpaired) electrons. The van der Waals surface area contributed by atoms with E-state index in [-0.39, 0.29) is 0 Å². The molecule has 2 N–H and O–H groups in total. The van der Waals surface area contributed by atoms with Gasteiger partial charge in [0, 0.05) is 18.8 Å². The number of aryl methyl sites for hydroxylation is 1. The Balaban J connectivity index is 1.33. The lowest BCUT2D eigenvalue weighted by atomic mass is 9.91. The highest BCUT2D eigenvalue weighted by molar-refractivity contribution is 5.84. The van der Waals surface area contributed by atoms with E-state index in [4.69, 9.17) is 9.68 Å². The molecule has 2 heterocycles. The number of halogens is 3. The predicted molar refractivity (Wildman–Crippen MR) is 108 cm³/mol. The van der Waals surface area contributed by atoms with Crippen molar-refractivity contribution in [2.45, 2.75) is 31.5 Å². The Labute approximate surface area is 177 Å². The van der Waals surface area contributed by atoms with Crippen LogP contribution in [0.4, 0.5) is 23.7 Å². The molecule has 4 rings (SSSR count). The summed E-state index contributed by atoms with van der Waals surface area (Å²) in [6.45, 7) is 2.85. The summed E-state index contributed by atoms with van der Waals surface area (Å²) in [5, 5.41) is 4.27. The SMILES string of the molecule is Cc1cccc(NC(=O)ON2CCC3(C=C(c4ccc(C(F)(F)F)cc4)NO3)CC2)c1. The Morgan fingerprint density at radius 3 is 2.52 bits per heavy atom. The maximum atomic E-state index is 12.7. The molecule has 0 unspecified atom stereocenters. The number of piperidine rings is 1. The van der Waals surface area contributed by atoms with Crippen molar-refractivity contribution < 1.29 is 27.6 Å². The average molecular weight is 433 g/mol. The Morgan fingerprint density at radius 2 is 1.87 bits per heavy atom. The Bertz CT molecular complexity index is 981. The lowest BCUT2D eigenvalue weighted by molar-refractivity contribution is -0.153. The van der Waals surface area contributed by atoms with Crippen LogP contribution in [0.2, 0.25) is 0 Å². The zero-order valence-corrected chi connectivity index (χ0v) is 16.8. The minimum absolute atomic E-state index is 0.458. The highest BCUT2D eigenvalue weighted by Gasteiger charge is 2.40. The molecule has 1 spiro atoms. The molecule has 2 aliphatic heterocycles. The lowest BCUT2D eigenvalue weighted by Crippen LogP contribution is -2.45. The van der Waals surface area contributed by atoms with Crippen LogP contribution >= 0.6 is 0 Å². The van der Waals surface area contributed by atoms with Gasteiger partial charge in [0.1, 0.15) is 5.60 Å². The highest BCUT2D eigenvalue weighted by Crippen LogP contribution is 2.36. The first-order valence-corrected chi connectivity index (χ1v) is 9.88. The molecule has 0 bridgehead atoms. The van der Waals surface area contributed by atoms with Crippen molar-refractivity contribution in [2.24, 2.45) is 0 Å². The van der Waals surface area contributed by atoms with E-state index in [2.05, 4.69) is 10.8 Å². The van der Waals surface area contributed by atoms with Crippen LogP contribution in [0.5, 0.6) is 0 Å². The van der Waals surface area contributed by atoms with Crippen LogP contribution < -0.4 is 10.8 Å². The third kappa shape index (κ3) is 5.00. The summed E-state index contributed by atoms with van der Waals surface area (Å²) in [6.07, 6.45) is -1.93. The third-order valence-electron chi connectivity index (χ3n) is 5.34. The van der Waals surface area contributed by atoms with Gasteiger partial charge >= 0.3 is 12.3 Å².